The van der Waals surface area contributed by atoms with Crippen LogP contribution >= 0.6 is 23.2 Å². The van der Waals surface area contributed by atoms with E-state index in [2.05, 4.69) is 10.1 Å². The molecule has 0 radical (unpaired) electrons. The zero-order valence-corrected chi connectivity index (χ0v) is 16.5. The van der Waals surface area contributed by atoms with E-state index in [9.17, 15) is 0 Å². The van der Waals surface area contributed by atoms with Crippen LogP contribution in [-0.4, -0.2) is 26.0 Å². The number of hydrogen-bond donors (Lipinski definition) is 0. The summed E-state index contributed by atoms with van der Waals surface area (Å²) in [6.07, 6.45) is 1.73. The maximum absolute atomic E-state index is 6.41. The van der Waals surface area contributed by atoms with E-state index in [1.807, 2.05) is 72.8 Å². The second-order valence-corrected chi connectivity index (χ2v) is 7.22. The highest BCUT2D eigenvalue weighted by atomic mass is 35.5. The molecule has 0 fully saturated rings. The third kappa shape index (κ3) is 3.35. The predicted octanol–water partition coefficient (Wildman–Crippen LogP) is 6.03. The predicted molar refractivity (Wildman–Crippen MR) is 118 cm³/mol. The van der Waals surface area contributed by atoms with Crippen molar-refractivity contribution in [3.63, 3.8) is 0 Å². The number of para-hydroxylation sites is 3. The van der Waals surface area contributed by atoms with Gasteiger partial charge in [-0.05, 0) is 42.0 Å². The molecule has 0 N–H and O–H groups in total. The molecule has 3 aromatic carbocycles. The van der Waals surface area contributed by atoms with Crippen LogP contribution in [0.5, 0.6) is 0 Å². The minimum atomic E-state index is 0.466. The maximum Gasteiger partial charge on any atom is 0.202 e. The van der Waals surface area contributed by atoms with Crippen molar-refractivity contribution in [3.05, 3.63) is 88.4 Å². The summed E-state index contributed by atoms with van der Waals surface area (Å²) in [5.74, 6) is 0.466. The molecule has 140 valence electrons. The van der Waals surface area contributed by atoms with Gasteiger partial charge in [0, 0.05) is 11.2 Å². The Hall–Kier alpha value is -3.28. The van der Waals surface area contributed by atoms with E-state index in [1.54, 1.807) is 10.9 Å². The van der Waals surface area contributed by atoms with Gasteiger partial charge < -0.3 is 0 Å². The van der Waals surface area contributed by atoms with Gasteiger partial charge in [0.2, 0.25) is 5.82 Å². The molecule has 0 amide bonds. The number of rotatable bonds is 3. The Morgan fingerprint density at radius 3 is 2.24 bits per heavy atom. The molecular weight excluding hydrogens is 405 g/mol. The molecule has 29 heavy (non-hydrogen) atoms. The van der Waals surface area contributed by atoms with Gasteiger partial charge in [-0.1, -0.05) is 59.6 Å². The van der Waals surface area contributed by atoms with Gasteiger partial charge in [0.1, 0.15) is 0 Å². The van der Waals surface area contributed by atoms with Crippen LogP contribution in [0.15, 0.2) is 77.8 Å². The van der Waals surface area contributed by atoms with E-state index in [-0.39, 0.29) is 0 Å². The Kier molecular flexibility index (Phi) is 4.46. The molecule has 0 aliphatic rings. The average Bonchev–Trinajstić information content (AvgIpc) is 3.09. The van der Waals surface area contributed by atoms with Crippen LogP contribution in [0.2, 0.25) is 10.0 Å². The zero-order chi connectivity index (χ0) is 19.8. The molecule has 2 heterocycles. The Balaban J connectivity index is 1.73. The van der Waals surface area contributed by atoms with Gasteiger partial charge in [0.05, 0.1) is 21.7 Å². The SMILES string of the molecule is Clc1ccc(C=Nc2nn(-c3ccccc3Cl)c3nc4ccccc4nc23)cc1. The van der Waals surface area contributed by atoms with Crippen molar-refractivity contribution in [2.24, 2.45) is 4.99 Å². The van der Waals surface area contributed by atoms with Crippen molar-refractivity contribution in [1.82, 2.24) is 19.7 Å². The summed E-state index contributed by atoms with van der Waals surface area (Å²) in [4.78, 5) is 14.1. The molecule has 2 aromatic heterocycles. The second-order valence-electron chi connectivity index (χ2n) is 6.38. The van der Waals surface area contributed by atoms with E-state index in [0.29, 0.717) is 27.0 Å². The molecule has 5 rings (SSSR count). The lowest BCUT2D eigenvalue weighted by Gasteiger charge is -2.04. The fourth-order valence-electron chi connectivity index (χ4n) is 3.04. The first-order valence-electron chi connectivity index (χ1n) is 8.89. The molecular formula is C22H13Cl2N5. The van der Waals surface area contributed by atoms with Crippen molar-refractivity contribution >= 4 is 57.4 Å². The normalized spacial score (nSPS) is 11.7. The number of nitrogens with zero attached hydrogens (tertiary/aromatic N) is 5. The van der Waals surface area contributed by atoms with Crippen LogP contribution < -0.4 is 0 Å². The van der Waals surface area contributed by atoms with Crippen molar-refractivity contribution in [1.29, 1.82) is 0 Å². The average molecular weight is 418 g/mol. The fourth-order valence-corrected chi connectivity index (χ4v) is 3.38. The highest BCUT2D eigenvalue weighted by Crippen LogP contribution is 2.29. The molecule has 7 heteroatoms. The molecule has 5 aromatic rings. The number of fused-ring (bicyclic) bond motifs is 2. The van der Waals surface area contributed by atoms with Crippen LogP contribution in [-0.2, 0) is 0 Å². The highest BCUT2D eigenvalue weighted by Gasteiger charge is 2.17. The first-order valence-corrected chi connectivity index (χ1v) is 9.65. The first kappa shape index (κ1) is 17.8. The number of benzene rings is 3. The molecule has 0 aliphatic heterocycles. The van der Waals surface area contributed by atoms with E-state index in [0.717, 1.165) is 22.3 Å². The van der Waals surface area contributed by atoms with Gasteiger partial charge in [0.25, 0.3) is 0 Å². The van der Waals surface area contributed by atoms with Gasteiger partial charge in [0.15, 0.2) is 11.2 Å². The topological polar surface area (TPSA) is 56.0 Å². The van der Waals surface area contributed by atoms with Crippen LogP contribution in [0.1, 0.15) is 5.56 Å². The second kappa shape index (κ2) is 7.28. The van der Waals surface area contributed by atoms with E-state index in [4.69, 9.17) is 33.2 Å². The smallest absolute Gasteiger partial charge is 0.202 e. The van der Waals surface area contributed by atoms with Crippen LogP contribution in [0.3, 0.4) is 0 Å². The third-order valence-corrected chi connectivity index (χ3v) is 5.02. The monoisotopic (exact) mass is 417 g/mol. The molecule has 0 saturated heterocycles. The van der Waals surface area contributed by atoms with Crippen molar-refractivity contribution in [3.8, 4) is 5.69 Å². The summed E-state index contributed by atoms with van der Waals surface area (Å²) in [7, 11) is 0. The van der Waals surface area contributed by atoms with Gasteiger partial charge in [-0.3, -0.25) is 0 Å². The lowest BCUT2D eigenvalue weighted by molar-refractivity contribution is 0.899. The number of halogens is 2. The number of hydrogen-bond acceptors (Lipinski definition) is 4. The molecule has 5 nitrogen and oxygen atoms in total. The summed E-state index contributed by atoms with van der Waals surface area (Å²) in [6, 6.07) is 22.6. The van der Waals surface area contributed by atoms with Crippen molar-refractivity contribution < 1.29 is 0 Å². The van der Waals surface area contributed by atoms with Gasteiger partial charge in [-0.15, -0.1) is 5.10 Å². The largest absolute Gasteiger partial charge is 0.239 e. The van der Waals surface area contributed by atoms with Crippen molar-refractivity contribution in [2.45, 2.75) is 0 Å². The zero-order valence-electron chi connectivity index (χ0n) is 15.0. The quantitative estimate of drug-likeness (QED) is 0.337. The Labute approximate surface area is 176 Å². The molecule has 0 saturated carbocycles. The van der Waals surface area contributed by atoms with Gasteiger partial charge in [-0.2, -0.15) is 0 Å². The summed E-state index contributed by atoms with van der Waals surface area (Å²) in [5, 5.41) is 5.90. The van der Waals surface area contributed by atoms with Gasteiger partial charge in [-0.25, -0.2) is 19.6 Å². The molecule has 0 atom stereocenters. The summed E-state index contributed by atoms with van der Waals surface area (Å²) < 4.78 is 1.69. The lowest BCUT2D eigenvalue weighted by atomic mass is 10.2. The van der Waals surface area contributed by atoms with E-state index >= 15 is 0 Å². The maximum atomic E-state index is 6.41. The summed E-state index contributed by atoms with van der Waals surface area (Å²) in [5.41, 5.74) is 4.39. The Morgan fingerprint density at radius 2 is 1.48 bits per heavy atom. The molecule has 0 bridgehead atoms. The summed E-state index contributed by atoms with van der Waals surface area (Å²) >= 11 is 12.4. The highest BCUT2D eigenvalue weighted by molar-refractivity contribution is 6.32. The van der Waals surface area contributed by atoms with Crippen LogP contribution in [0, 0.1) is 0 Å². The van der Waals surface area contributed by atoms with Crippen molar-refractivity contribution in [2.75, 3.05) is 0 Å². The number of aromatic nitrogens is 4. The number of aliphatic imine (C=N–C) groups is 1. The standard InChI is InChI=1S/C22H13Cl2N5/c23-15-11-9-14(10-12-15)13-25-21-20-22(27-18-7-3-2-6-17(18)26-20)29(28-21)19-8-4-1-5-16(19)24/h1-13H. The molecule has 0 unspecified atom stereocenters. The molecule has 0 aliphatic carbocycles. The fraction of sp³-hybridized carbons (Fsp3) is 0. The molecule has 0 spiro atoms. The Bertz CT molecular complexity index is 1370. The third-order valence-electron chi connectivity index (χ3n) is 4.45. The summed E-state index contributed by atoms with van der Waals surface area (Å²) in [6.45, 7) is 0. The lowest BCUT2D eigenvalue weighted by Crippen LogP contribution is -1.99. The van der Waals surface area contributed by atoms with Crippen LogP contribution in [0.25, 0.3) is 27.9 Å². The van der Waals surface area contributed by atoms with E-state index < -0.39 is 0 Å². The van der Waals surface area contributed by atoms with Gasteiger partial charge >= 0.3 is 0 Å². The van der Waals surface area contributed by atoms with Crippen LogP contribution in [0.4, 0.5) is 5.82 Å². The minimum absolute atomic E-state index is 0.466. The Morgan fingerprint density at radius 1 is 0.793 bits per heavy atom. The van der Waals surface area contributed by atoms with E-state index in [1.165, 1.54) is 0 Å². The minimum Gasteiger partial charge on any atom is -0.239 e. The first-order chi connectivity index (χ1) is 14.2.